The Morgan fingerprint density at radius 2 is 2.19 bits per heavy atom. The highest BCUT2D eigenvalue weighted by Gasteiger charge is 2.15. The Kier molecular flexibility index (Phi) is 3.39. The number of carbonyl (C=O) groups is 1. The maximum atomic E-state index is 12.2. The molecule has 3 rings (SSSR count). The van der Waals surface area contributed by atoms with E-state index in [0.717, 1.165) is 16.7 Å². The SMILES string of the molecule is CCc1noc(C)c1NC(=O)Cn1nnc2ccccc21. The van der Waals surface area contributed by atoms with Gasteiger partial charge in [0.2, 0.25) is 5.91 Å². The number of aryl methyl sites for hydroxylation is 2. The number of nitrogens with zero attached hydrogens (tertiary/aromatic N) is 4. The lowest BCUT2D eigenvalue weighted by Crippen LogP contribution is -2.20. The fourth-order valence-electron chi connectivity index (χ4n) is 2.17. The molecule has 108 valence electrons. The summed E-state index contributed by atoms with van der Waals surface area (Å²) >= 11 is 0. The third kappa shape index (κ3) is 2.49. The minimum atomic E-state index is -0.188. The zero-order valence-electron chi connectivity index (χ0n) is 11.8. The lowest BCUT2D eigenvalue weighted by molar-refractivity contribution is -0.116. The van der Waals surface area contributed by atoms with Crippen LogP contribution in [-0.2, 0) is 17.8 Å². The van der Waals surface area contributed by atoms with E-state index in [1.54, 1.807) is 11.6 Å². The monoisotopic (exact) mass is 285 g/mol. The summed E-state index contributed by atoms with van der Waals surface area (Å²) in [5.74, 6) is 0.412. The van der Waals surface area contributed by atoms with Gasteiger partial charge >= 0.3 is 0 Å². The van der Waals surface area contributed by atoms with Crippen molar-refractivity contribution in [1.82, 2.24) is 20.2 Å². The van der Waals surface area contributed by atoms with Crippen molar-refractivity contribution >= 4 is 22.6 Å². The molecule has 0 unspecified atom stereocenters. The van der Waals surface area contributed by atoms with Crippen molar-refractivity contribution in [3.63, 3.8) is 0 Å². The van der Waals surface area contributed by atoms with Gasteiger partial charge in [-0.25, -0.2) is 4.68 Å². The Balaban J connectivity index is 1.79. The van der Waals surface area contributed by atoms with Gasteiger partial charge in [0.15, 0.2) is 5.76 Å². The summed E-state index contributed by atoms with van der Waals surface area (Å²) in [6.45, 7) is 3.82. The van der Waals surface area contributed by atoms with Crippen LogP contribution in [0.2, 0.25) is 0 Å². The predicted molar refractivity (Wildman–Crippen MR) is 76.8 cm³/mol. The van der Waals surface area contributed by atoms with Gasteiger partial charge < -0.3 is 9.84 Å². The number of aromatic nitrogens is 4. The van der Waals surface area contributed by atoms with E-state index in [4.69, 9.17) is 4.52 Å². The van der Waals surface area contributed by atoms with Crippen molar-refractivity contribution in [1.29, 1.82) is 0 Å². The molecule has 7 heteroatoms. The number of rotatable bonds is 4. The van der Waals surface area contributed by atoms with E-state index >= 15 is 0 Å². The minimum absolute atomic E-state index is 0.0916. The van der Waals surface area contributed by atoms with Gasteiger partial charge in [-0.1, -0.05) is 29.4 Å². The molecule has 7 nitrogen and oxygen atoms in total. The quantitative estimate of drug-likeness (QED) is 0.791. The molecule has 21 heavy (non-hydrogen) atoms. The van der Waals surface area contributed by atoms with E-state index in [9.17, 15) is 4.79 Å². The molecule has 0 atom stereocenters. The number of para-hydroxylation sites is 1. The molecular weight excluding hydrogens is 270 g/mol. The molecule has 1 N–H and O–H groups in total. The minimum Gasteiger partial charge on any atom is -0.359 e. The molecule has 0 aliphatic heterocycles. The molecule has 0 fully saturated rings. The third-order valence-corrected chi connectivity index (χ3v) is 3.25. The van der Waals surface area contributed by atoms with E-state index in [2.05, 4.69) is 20.8 Å². The first-order chi connectivity index (χ1) is 10.2. The van der Waals surface area contributed by atoms with Crippen LogP contribution in [0, 0.1) is 6.92 Å². The van der Waals surface area contributed by atoms with Crippen molar-refractivity contribution in [3.05, 3.63) is 35.7 Å². The summed E-state index contributed by atoms with van der Waals surface area (Å²) in [6, 6.07) is 7.51. The molecule has 2 aromatic heterocycles. The van der Waals surface area contributed by atoms with E-state index in [-0.39, 0.29) is 12.5 Å². The maximum absolute atomic E-state index is 12.2. The topological polar surface area (TPSA) is 85.8 Å². The molecule has 0 aliphatic rings. The molecule has 0 spiro atoms. The van der Waals surface area contributed by atoms with Crippen molar-refractivity contribution in [3.8, 4) is 0 Å². The Morgan fingerprint density at radius 1 is 1.38 bits per heavy atom. The Labute approximate surface area is 120 Å². The average Bonchev–Trinajstić information content (AvgIpc) is 3.04. The average molecular weight is 285 g/mol. The first kappa shape index (κ1) is 13.3. The van der Waals surface area contributed by atoms with Crippen LogP contribution < -0.4 is 5.32 Å². The van der Waals surface area contributed by atoms with Crippen molar-refractivity contribution in [2.45, 2.75) is 26.8 Å². The first-order valence-corrected chi connectivity index (χ1v) is 6.72. The van der Waals surface area contributed by atoms with E-state index in [1.807, 2.05) is 31.2 Å². The smallest absolute Gasteiger partial charge is 0.246 e. The van der Waals surface area contributed by atoms with Crippen LogP contribution in [0.3, 0.4) is 0 Å². The zero-order chi connectivity index (χ0) is 14.8. The number of hydrogen-bond acceptors (Lipinski definition) is 5. The van der Waals surface area contributed by atoms with Crippen molar-refractivity contribution in [2.75, 3.05) is 5.32 Å². The highest BCUT2D eigenvalue weighted by atomic mass is 16.5. The first-order valence-electron chi connectivity index (χ1n) is 6.72. The summed E-state index contributed by atoms with van der Waals surface area (Å²) in [7, 11) is 0. The molecule has 0 radical (unpaired) electrons. The molecular formula is C14H15N5O2. The van der Waals surface area contributed by atoms with Gasteiger partial charge in [-0.3, -0.25) is 4.79 Å². The van der Waals surface area contributed by atoms with Gasteiger partial charge in [0.1, 0.15) is 23.4 Å². The molecule has 0 saturated carbocycles. The zero-order valence-corrected chi connectivity index (χ0v) is 11.8. The van der Waals surface area contributed by atoms with Gasteiger partial charge in [-0.05, 0) is 25.5 Å². The van der Waals surface area contributed by atoms with Crippen molar-refractivity contribution < 1.29 is 9.32 Å². The number of fused-ring (bicyclic) bond motifs is 1. The van der Waals surface area contributed by atoms with Crippen LogP contribution in [0.15, 0.2) is 28.8 Å². The highest BCUT2D eigenvalue weighted by molar-refractivity contribution is 5.92. The van der Waals surface area contributed by atoms with Crippen LogP contribution in [0.5, 0.6) is 0 Å². The van der Waals surface area contributed by atoms with E-state index in [1.165, 1.54) is 0 Å². The number of benzene rings is 1. The van der Waals surface area contributed by atoms with Crippen LogP contribution in [0.25, 0.3) is 11.0 Å². The summed E-state index contributed by atoms with van der Waals surface area (Å²) in [4.78, 5) is 12.2. The largest absolute Gasteiger partial charge is 0.359 e. The molecule has 0 aliphatic carbocycles. The number of amides is 1. The second-order valence-electron chi connectivity index (χ2n) is 4.70. The molecule has 1 aromatic carbocycles. The van der Waals surface area contributed by atoms with Gasteiger partial charge in [-0.15, -0.1) is 5.10 Å². The maximum Gasteiger partial charge on any atom is 0.246 e. The Morgan fingerprint density at radius 3 is 3.00 bits per heavy atom. The number of carbonyl (C=O) groups excluding carboxylic acids is 1. The lowest BCUT2D eigenvalue weighted by Gasteiger charge is -2.05. The molecule has 2 heterocycles. The second kappa shape index (κ2) is 5.35. The van der Waals surface area contributed by atoms with Gasteiger partial charge in [0, 0.05) is 0 Å². The van der Waals surface area contributed by atoms with Gasteiger partial charge in [0.05, 0.1) is 5.52 Å². The summed E-state index contributed by atoms with van der Waals surface area (Å²) < 4.78 is 6.66. The predicted octanol–water partition coefficient (Wildman–Crippen LogP) is 1.93. The summed E-state index contributed by atoms with van der Waals surface area (Å²) in [5.41, 5.74) is 2.97. The normalized spacial score (nSPS) is 11.0. The second-order valence-corrected chi connectivity index (χ2v) is 4.70. The Hall–Kier alpha value is -2.70. The van der Waals surface area contributed by atoms with Crippen LogP contribution in [-0.4, -0.2) is 26.1 Å². The highest BCUT2D eigenvalue weighted by Crippen LogP contribution is 2.20. The number of anilines is 1. The van der Waals surface area contributed by atoms with Gasteiger partial charge in [-0.2, -0.15) is 0 Å². The number of nitrogens with one attached hydrogen (secondary N) is 1. The lowest BCUT2D eigenvalue weighted by atomic mass is 10.2. The molecule has 0 bridgehead atoms. The fourth-order valence-corrected chi connectivity index (χ4v) is 2.17. The van der Waals surface area contributed by atoms with Crippen LogP contribution >= 0.6 is 0 Å². The Bertz CT molecular complexity index is 790. The van der Waals surface area contributed by atoms with E-state index in [0.29, 0.717) is 17.9 Å². The standard InChI is InChI=1S/C14H15N5O2/c1-3-10-14(9(2)21-17-10)15-13(20)8-19-12-7-5-4-6-11(12)16-18-19/h4-7H,3,8H2,1-2H3,(H,15,20). The van der Waals surface area contributed by atoms with Crippen LogP contribution in [0.1, 0.15) is 18.4 Å². The fraction of sp³-hybridized carbons (Fsp3) is 0.286. The molecule has 0 saturated heterocycles. The third-order valence-electron chi connectivity index (χ3n) is 3.25. The number of hydrogen-bond donors (Lipinski definition) is 1. The van der Waals surface area contributed by atoms with Crippen molar-refractivity contribution in [2.24, 2.45) is 0 Å². The van der Waals surface area contributed by atoms with Crippen LogP contribution in [0.4, 0.5) is 5.69 Å². The summed E-state index contributed by atoms with van der Waals surface area (Å²) in [5, 5.41) is 14.8. The molecule has 3 aromatic rings. The summed E-state index contributed by atoms with van der Waals surface area (Å²) in [6.07, 6.45) is 0.694. The van der Waals surface area contributed by atoms with E-state index < -0.39 is 0 Å². The molecule has 1 amide bonds. The van der Waals surface area contributed by atoms with Gasteiger partial charge in [0.25, 0.3) is 0 Å².